The second kappa shape index (κ2) is 6.33. The molecule has 0 radical (unpaired) electrons. The van der Waals surface area contributed by atoms with Crippen molar-refractivity contribution in [2.45, 2.75) is 39.5 Å². The van der Waals surface area contributed by atoms with Gasteiger partial charge in [-0.15, -0.1) is 0 Å². The fourth-order valence-electron chi connectivity index (χ4n) is 3.15. The Morgan fingerprint density at radius 1 is 1.25 bits per heavy atom. The molecule has 1 aliphatic carbocycles. The van der Waals surface area contributed by atoms with Gasteiger partial charge in [0.2, 0.25) is 15.9 Å². The number of amides is 1. The molecule has 2 rings (SSSR count). The number of rotatable bonds is 5. The highest BCUT2D eigenvalue weighted by molar-refractivity contribution is 7.89. The maximum atomic E-state index is 12.6. The van der Waals surface area contributed by atoms with Gasteiger partial charge in [0.25, 0.3) is 0 Å². The number of anilines is 1. The van der Waals surface area contributed by atoms with Gasteiger partial charge < -0.3 is 5.32 Å². The summed E-state index contributed by atoms with van der Waals surface area (Å²) in [6.45, 7) is 9.93. The zero-order chi connectivity index (χ0) is 18.3. The number of carbonyl (C=O) groups excluding carboxylic acids is 1. The lowest BCUT2D eigenvalue weighted by Crippen LogP contribution is -2.21. The van der Waals surface area contributed by atoms with Gasteiger partial charge in [-0.2, -0.15) is 0 Å². The lowest BCUT2D eigenvalue weighted by molar-refractivity contribution is -0.118. The molecule has 1 aliphatic rings. The monoisotopic (exact) mass is 350 g/mol. The van der Waals surface area contributed by atoms with E-state index < -0.39 is 10.0 Å². The SMILES string of the molecule is CNS(=O)(=O)c1cc(NC(=O)C2C(C=C(C)C)C2(C)C)ccc1C. The number of hydrogen-bond acceptors (Lipinski definition) is 3. The smallest absolute Gasteiger partial charge is 0.240 e. The van der Waals surface area contributed by atoms with Crippen LogP contribution >= 0.6 is 0 Å². The van der Waals surface area contributed by atoms with E-state index in [2.05, 4.69) is 30.0 Å². The highest BCUT2D eigenvalue weighted by Crippen LogP contribution is 2.59. The average molecular weight is 350 g/mol. The van der Waals surface area contributed by atoms with Crippen molar-refractivity contribution in [1.82, 2.24) is 4.72 Å². The molecule has 1 saturated carbocycles. The Bertz CT molecular complexity index is 790. The zero-order valence-electron chi connectivity index (χ0n) is 15.1. The molecule has 24 heavy (non-hydrogen) atoms. The first kappa shape index (κ1) is 18.7. The molecule has 2 atom stereocenters. The van der Waals surface area contributed by atoms with Crippen LogP contribution in [0.2, 0.25) is 0 Å². The molecule has 1 fully saturated rings. The van der Waals surface area contributed by atoms with E-state index in [-0.39, 0.29) is 28.1 Å². The van der Waals surface area contributed by atoms with E-state index in [0.717, 1.165) is 0 Å². The van der Waals surface area contributed by atoms with Crippen molar-refractivity contribution in [3.63, 3.8) is 0 Å². The van der Waals surface area contributed by atoms with E-state index >= 15 is 0 Å². The zero-order valence-corrected chi connectivity index (χ0v) is 15.9. The predicted octanol–water partition coefficient (Wildman–Crippen LogP) is 3.08. The van der Waals surface area contributed by atoms with Gasteiger partial charge in [0, 0.05) is 5.69 Å². The first-order chi connectivity index (χ1) is 11.0. The topological polar surface area (TPSA) is 75.3 Å². The first-order valence-electron chi connectivity index (χ1n) is 8.01. The second-order valence-electron chi connectivity index (χ2n) is 7.25. The minimum atomic E-state index is -3.55. The summed E-state index contributed by atoms with van der Waals surface area (Å²) in [5, 5.41) is 2.87. The molecule has 2 unspecified atom stereocenters. The molecule has 0 spiro atoms. The molecular weight excluding hydrogens is 324 g/mol. The molecule has 5 nitrogen and oxygen atoms in total. The molecule has 0 aromatic heterocycles. The van der Waals surface area contributed by atoms with Crippen molar-refractivity contribution in [3.05, 3.63) is 35.4 Å². The first-order valence-corrected chi connectivity index (χ1v) is 9.49. The molecular formula is C18H26N2O3S. The average Bonchev–Trinajstić information content (AvgIpc) is 3.00. The van der Waals surface area contributed by atoms with Crippen LogP contribution in [0.15, 0.2) is 34.7 Å². The normalized spacial score (nSPS) is 21.9. The Hall–Kier alpha value is -1.66. The number of carbonyl (C=O) groups is 1. The van der Waals surface area contributed by atoms with Gasteiger partial charge in [0.15, 0.2) is 0 Å². The van der Waals surface area contributed by atoms with Gasteiger partial charge in [0.1, 0.15) is 0 Å². The summed E-state index contributed by atoms with van der Waals surface area (Å²) >= 11 is 0. The van der Waals surface area contributed by atoms with Crippen LogP contribution in [-0.4, -0.2) is 21.4 Å². The summed E-state index contributed by atoms with van der Waals surface area (Å²) in [6, 6.07) is 4.93. The van der Waals surface area contributed by atoms with Gasteiger partial charge in [-0.3, -0.25) is 4.79 Å². The molecule has 2 N–H and O–H groups in total. The summed E-state index contributed by atoms with van der Waals surface area (Å²) in [4.78, 5) is 12.8. The lowest BCUT2D eigenvalue weighted by Gasteiger charge is -2.11. The quantitative estimate of drug-likeness (QED) is 0.801. The standard InChI is InChI=1S/C18H26N2O3S/c1-11(2)9-14-16(18(14,4)5)17(21)20-13-8-7-12(3)15(10-13)24(22,23)19-6/h7-10,14,16,19H,1-6H3,(H,20,21). The Labute approximate surface area is 144 Å². The maximum Gasteiger partial charge on any atom is 0.240 e. The van der Waals surface area contributed by atoms with E-state index in [9.17, 15) is 13.2 Å². The van der Waals surface area contributed by atoms with E-state index in [1.807, 2.05) is 13.8 Å². The van der Waals surface area contributed by atoms with E-state index in [0.29, 0.717) is 11.3 Å². The van der Waals surface area contributed by atoms with Gasteiger partial charge in [-0.1, -0.05) is 31.6 Å². The third-order valence-electron chi connectivity index (χ3n) is 4.72. The third kappa shape index (κ3) is 3.54. The van der Waals surface area contributed by atoms with Crippen molar-refractivity contribution in [2.24, 2.45) is 17.3 Å². The van der Waals surface area contributed by atoms with Crippen LogP contribution in [0.4, 0.5) is 5.69 Å². The molecule has 6 heteroatoms. The van der Waals surface area contributed by atoms with Crippen molar-refractivity contribution >= 4 is 21.6 Å². The minimum absolute atomic E-state index is 0.0702. The highest BCUT2D eigenvalue weighted by atomic mass is 32.2. The summed E-state index contributed by atoms with van der Waals surface area (Å²) in [6.07, 6.45) is 2.14. The summed E-state index contributed by atoms with van der Waals surface area (Å²) < 4.78 is 26.4. The second-order valence-corrected chi connectivity index (χ2v) is 9.10. The van der Waals surface area contributed by atoms with Crippen molar-refractivity contribution in [2.75, 3.05) is 12.4 Å². The lowest BCUT2D eigenvalue weighted by atomic mass is 10.1. The summed E-state index contributed by atoms with van der Waals surface area (Å²) in [5.74, 6) is 0.0469. The van der Waals surface area contributed by atoms with Crippen LogP contribution in [-0.2, 0) is 14.8 Å². The number of aryl methyl sites for hydroxylation is 1. The molecule has 1 amide bonds. The maximum absolute atomic E-state index is 12.6. The molecule has 1 aromatic carbocycles. The van der Waals surface area contributed by atoms with Crippen LogP contribution in [0.5, 0.6) is 0 Å². The van der Waals surface area contributed by atoms with Crippen molar-refractivity contribution < 1.29 is 13.2 Å². The largest absolute Gasteiger partial charge is 0.326 e. The molecule has 0 aliphatic heterocycles. The van der Waals surface area contributed by atoms with Crippen LogP contribution in [0, 0.1) is 24.2 Å². The third-order valence-corrected chi connectivity index (χ3v) is 6.28. The van der Waals surface area contributed by atoms with Crippen LogP contribution < -0.4 is 10.0 Å². The minimum Gasteiger partial charge on any atom is -0.326 e. The fraction of sp³-hybridized carbons (Fsp3) is 0.500. The number of nitrogens with one attached hydrogen (secondary N) is 2. The van der Waals surface area contributed by atoms with Crippen LogP contribution in [0.25, 0.3) is 0 Å². The molecule has 1 aromatic rings. The van der Waals surface area contributed by atoms with Crippen molar-refractivity contribution in [1.29, 1.82) is 0 Å². The molecule has 132 valence electrons. The number of benzene rings is 1. The summed E-state index contributed by atoms with van der Waals surface area (Å²) in [5.41, 5.74) is 2.25. The van der Waals surface area contributed by atoms with Gasteiger partial charge in [-0.05, 0) is 56.8 Å². The van der Waals surface area contributed by atoms with Gasteiger partial charge in [0.05, 0.1) is 10.8 Å². The van der Waals surface area contributed by atoms with Gasteiger partial charge in [-0.25, -0.2) is 13.1 Å². The van der Waals surface area contributed by atoms with E-state index in [1.165, 1.54) is 18.7 Å². The van der Waals surface area contributed by atoms with Crippen LogP contribution in [0.3, 0.4) is 0 Å². The Balaban J connectivity index is 2.22. The highest BCUT2D eigenvalue weighted by Gasteiger charge is 2.60. The molecule has 0 bridgehead atoms. The van der Waals surface area contributed by atoms with Gasteiger partial charge >= 0.3 is 0 Å². The number of allylic oxidation sites excluding steroid dienone is 2. The summed E-state index contributed by atoms with van der Waals surface area (Å²) in [7, 11) is -2.18. The fourth-order valence-corrected chi connectivity index (χ4v) is 4.14. The Morgan fingerprint density at radius 3 is 2.42 bits per heavy atom. The number of hydrogen-bond donors (Lipinski definition) is 2. The Morgan fingerprint density at radius 2 is 1.88 bits per heavy atom. The van der Waals surface area contributed by atoms with Crippen LogP contribution in [0.1, 0.15) is 33.3 Å². The van der Waals surface area contributed by atoms with E-state index in [1.54, 1.807) is 19.1 Å². The van der Waals surface area contributed by atoms with Crippen molar-refractivity contribution in [3.8, 4) is 0 Å². The number of sulfonamides is 1. The van der Waals surface area contributed by atoms with E-state index in [4.69, 9.17) is 0 Å². The molecule has 0 heterocycles. The predicted molar refractivity (Wildman–Crippen MR) is 96.2 cm³/mol. The Kier molecular flexibility index (Phi) is 4.93. The molecule has 0 saturated heterocycles.